The van der Waals surface area contributed by atoms with Gasteiger partial charge in [-0.25, -0.2) is 0 Å². The highest BCUT2D eigenvalue weighted by atomic mass is 15.1. The lowest BCUT2D eigenvalue weighted by atomic mass is 9.81. The summed E-state index contributed by atoms with van der Waals surface area (Å²) in [7, 11) is 0. The molecule has 1 aliphatic carbocycles. The number of benzene rings is 4. The third-order valence-electron chi connectivity index (χ3n) is 8.77. The number of anilines is 3. The molecule has 3 nitrogen and oxygen atoms in total. The van der Waals surface area contributed by atoms with Gasteiger partial charge in [-0.05, 0) is 87.8 Å². The van der Waals surface area contributed by atoms with Gasteiger partial charge in [0.2, 0.25) is 0 Å². The standard InChI is InChI=1S/C40H35N3/c1-27(2)28-15-20-31(21-16-28)43(38-14-9-11-34-33-10-5-6-12-35(33)40(3,4)39(34)38)32-22-17-29(18-23-32)30-19-24-37(42-26-30)36-13-7-8-25-41-36/h5-27H,1-4H3. The van der Waals surface area contributed by atoms with E-state index in [-0.39, 0.29) is 5.41 Å². The summed E-state index contributed by atoms with van der Waals surface area (Å²) in [5.41, 5.74) is 14.1. The smallest absolute Gasteiger partial charge is 0.0886 e. The minimum atomic E-state index is -0.125. The second-order valence-electron chi connectivity index (χ2n) is 12.1. The van der Waals surface area contributed by atoms with Crippen molar-refractivity contribution >= 4 is 17.1 Å². The molecule has 0 N–H and O–H groups in total. The Morgan fingerprint density at radius 3 is 1.91 bits per heavy atom. The molecule has 7 rings (SSSR count). The highest BCUT2D eigenvalue weighted by Crippen LogP contribution is 2.54. The van der Waals surface area contributed by atoms with Gasteiger partial charge >= 0.3 is 0 Å². The van der Waals surface area contributed by atoms with Gasteiger partial charge in [-0.1, -0.05) is 100 Å². The first kappa shape index (κ1) is 26.9. The van der Waals surface area contributed by atoms with Crippen LogP contribution < -0.4 is 4.90 Å². The fraction of sp³-hybridized carbons (Fsp3) is 0.150. The first-order valence-corrected chi connectivity index (χ1v) is 15.0. The molecule has 0 amide bonds. The highest BCUT2D eigenvalue weighted by molar-refractivity contribution is 5.90. The zero-order valence-electron chi connectivity index (χ0n) is 25.1. The van der Waals surface area contributed by atoms with E-state index in [9.17, 15) is 0 Å². The van der Waals surface area contributed by atoms with Crippen LogP contribution in [0, 0.1) is 0 Å². The average Bonchev–Trinajstić information content (AvgIpc) is 3.29. The quantitative estimate of drug-likeness (QED) is 0.204. The topological polar surface area (TPSA) is 29.0 Å². The van der Waals surface area contributed by atoms with E-state index in [2.05, 4.69) is 135 Å². The van der Waals surface area contributed by atoms with Crippen LogP contribution in [0.15, 0.2) is 134 Å². The van der Waals surface area contributed by atoms with E-state index in [1.54, 1.807) is 6.20 Å². The Bertz CT molecular complexity index is 1890. The third-order valence-corrected chi connectivity index (χ3v) is 8.77. The van der Waals surface area contributed by atoms with Gasteiger partial charge in [-0.15, -0.1) is 0 Å². The summed E-state index contributed by atoms with van der Waals surface area (Å²) in [6.07, 6.45) is 3.74. The van der Waals surface area contributed by atoms with Crippen LogP contribution in [0.3, 0.4) is 0 Å². The number of hydrogen-bond acceptors (Lipinski definition) is 3. The molecule has 6 aromatic rings. The summed E-state index contributed by atoms with van der Waals surface area (Å²) < 4.78 is 0. The first-order valence-electron chi connectivity index (χ1n) is 15.0. The maximum Gasteiger partial charge on any atom is 0.0886 e. The predicted molar refractivity (Wildman–Crippen MR) is 179 cm³/mol. The van der Waals surface area contributed by atoms with Crippen LogP contribution in [0.4, 0.5) is 17.1 Å². The van der Waals surface area contributed by atoms with Crippen LogP contribution in [0.2, 0.25) is 0 Å². The molecule has 0 unspecified atom stereocenters. The number of rotatable bonds is 6. The molecule has 0 saturated carbocycles. The van der Waals surface area contributed by atoms with E-state index in [4.69, 9.17) is 4.98 Å². The molecule has 4 aromatic carbocycles. The van der Waals surface area contributed by atoms with Crippen molar-refractivity contribution in [1.82, 2.24) is 9.97 Å². The van der Waals surface area contributed by atoms with Gasteiger partial charge in [0.05, 0.1) is 17.1 Å². The van der Waals surface area contributed by atoms with Crippen molar-refractivity contribution in [3.8, 4) is 33.6 Å². The Labute approximate surface area is 254 Å². The molecule has 0 aliphatic heterocycles. The monoisotopic (exact) mass is 557 g/mol. The maximum atomic E-state index is 4.70. The lowest BCUT2D eigenvalue weighted by Crippen LogP contribution is -2.20. The molecular weight excluding hydrogens is 522 g/mol. The van der Waals surface area contributed by atoms with E-state index in [1.165, 1.54) is 33.5 Å². The summed E-state index contributed by atoms with van der Waals surface area (Å²) in [5.74, 6) is 0.480. The molecule has 3 heteroatoms. The van der Waals surface area contributed by atoms with E-state index >= 15 is 0 Å². The minimum absolute atomic E-state index is 0.125. The van der Waals surface area contributed by atoms with Crippen LogP contribution in [0.25, 0.3) is 33.6 Å². The van der Waals surface area contributed by atoms with Gasteiger partial charge in [0.1, 0.15) is 0 Å². The Morgan fingerprint density at radius 2 is 1.23 bits per heavy atom. The molecule has 0 fully saturated rings. The average molecular weight is 558 g/mol. The Morgan fingerprint density at radius 1 is 0.581 bits per heavy atom. The van der Waals surface area contributed by atoms with Gasteiger partial charge in [-0.3, -0.25) is 9.97 Å². The maximum absolute atomic E-state index is 4.70. The lowest BCUT2D eigenvalue weighted by Gasteiger charge is -2.32. The van der Waals surface area contributed by atoms with Crippen LogP contribution in [0.1, 0.15) is 50.3 Å². The fourth-order valence-electron chi connectivity index (χ4n) is 6.47. The molecule has 2 aromatic heterocycles. The summed E-state index contributed by atoms with van der Waals surface area (Å²) in [6.45, 7) is 9.19. The largest absolute Gasteiger partial charge is 0.310 e. The lowest BCUT2D eigenvalue weighted by molar-refractivity contribution is 0.661. The molecule has 43 heavy (non-hydrogen) atoms. The van der Waals surface area contributed by atoms with Crippen molar-refractivity contribution in [2.45, 2.75) is 39.0 Å². The minimum Gasteiger partial charge on any atom is -0.310 e. The Hall–Kier alpha value is -5.02. The summed E-state index contributed by atoms with van der Waals surface area (Å²) >= 11 is 0. The van der Waals surface area contributed by atoms with Crippen molar-refractivity contribution in [3.05, 3.63) is 150 Å². The Kier molecular flexibility index (Phi) is 6.66. The molecule has 0 spiro atoms. The van der Waals surface area contributed by atoms with Crippen molar-refractivity contribution in [2.75, 3.05) is 4.90 Å². The van der Waals surface area contributed by atoms with E-state index in [0.717, 1.165) is 33.9 Å². The van der Waals surface area contributed by atoms with Gasteiger partial charge in [0.15, 0.2) is 0 Å². The Balaban J connectivity index is 1.32. The van der Waals surface area contributed by atoms with Gasteiger partial charge < -0.3 is 4.90 Å². The molecule has 0 radical (unpaired) electrons. The van der Waals surface area contributed by atoms with Gasteiger partial charge in [0.25, 0.3) is 0 Å². The second-order valence-corrected chi connectivity index (χ2v) is 12.1. The summed E-state index contributed by atoms with van der Waals surface area (Å²) in [5, 5.41) is 0. The summed E-state index contributed by atoms with van der Waals surface area (Å²) in [4.78, 5) is 11.6. The first-order chi connectivity index (χ1) is 20.9. The molecule has 0 bridgehead atoms. The number of nitrogens with zero attached hydrogens (tertiary/aromatic N) is 3. The van der Waals surface area contributed by atoms with Crippen molar-refractivity contribution in [1.29, 1.82) is 0 Å². The molecule has 210 valence electrons. The van der Waals surface area contributed by atoms with Gasteiger partial charge in [0, 0.05) is 34.7 Å². The SMILES string of the molecule is CC(C)c1ccc(N(c2ccc(-c3ccc(-c4ccccn4)nc3)cc2)c2cccc3c2C(C)(C)c2ccccc2-3)cc1. The number of hydrogen-bond donors (Lipinski definition) is 0. The fourth-order valence-corrected chi connectivity index (χ4v) is 6.47. The third kappa shape index (κ3) is 4.71. The van der Waals surface area contributed by atoms with E-state index in [1.807, 2.05) is 30.5 Å². The molecule has 2 heterocycles. The molecule has 0 atom stereocenters. The zero-order chi connectivity index (χ0) is 29.6. The highest BCUT2D eigenvalue weighted by Gasteiger charge is 2.38. The van der Waals surface area contributed by atoms with Crippen LogP contribution in [0.5, 0.6) is 0 Å². The van der Waals surface area contributed by atoms with Gasteiger partial charge in [-0.2, -0.15) is 0 Å². The van der Waals surface area contributed by atoms with Crippen molar-refractivity contribution in [2.24, 2.45) is 0 Å². The predicted octanol–water partition coefficient (Wildman–Crippen LogP) is 10.7. The molecule has 1 aliphatic rings. The van der Waals surface area contributed by atoms with Crippen LogP contribution >= 0.6 is 0 Å². The molecular formula is C40H35N3. The number of aromatic nitrogens is 2. The van der Waals surface area contributed by atoms with Crippen molar-refractivity contribution in [3.63, 3.8) is 0 Å². The van der Waals surface area contributed by atoms with E-state index in [0.29, 0.717) is 5.92 Å². The van der Waals surface area contributed by atoms with Crippen LogP contribution in [-0.4, -0.2) is 9.97 Å². The zero-order valence-corrected chi connectivity index (χ0v) is 25.1. The normalized spacial score (nSPS) is 13.0. The van der Waals surface area contributed by atoms with Crippen LogP contribution in [-0.2, 0) is 5.41 Å². The summed E-state index contributed by atoms with van der Waals surface area (Å²) in [6, 6.07) is 43.6. The van der Waals surface area contributed by atoms with Crippen molar-refractivity contribution < 1.29 is 0 Å². The molecule has 0 saturated heterocycles. The number of fused-ring (bicyclic) bond motifs is 3. The van der Waals surface area contributed by atoms with E-state index < -0.39 is 0 Å². The number of pyridine rings is 2. The second kappa shape index (κ2) is 10.7.